The van der Waals surface area contributed by atoms with Crippen molar-refractivity contribution in [2.45, 2.75) is 44.1 Å². The van der Waals surface area contributed by atoms with Crippen LogP contribution in [0.1, 0.15) is 38.5 Å². The molecule has 0 radical (unpaired) electrons. The SMILES string of the molecule is O=[N+]([O-])C(CCCO)(CCCO)CCCO. The Morgan fingerprint density at radius 1 is 0.875 bits per heavy atom. The molecule has 0 aromatic heterocycles. The minimum atomic E-state index is -1.10. The van der Waals surface area contributed by atoms with E-state index in [1.165, 1.54) is 0 Å². The fraction of sp³-hybridized carbons (Fsp3) is 1.00. The molecule has 0 unspecified atom stereocenters. The van der Waals surface area contributed by atoms with Gasteiger partial charge in [0.05, 0.1) is 0 Å². The lowest BCUT2D eigenvalue weighted by Crippen LogP contribution is -2.39. The molecular weight excluding hydrogens is 214 g/mol. The highest BCUT2D eigenvalue weighted by Gasteiger charge is 2.40. The van der Waals surface area contributed by atoms with Gasteiger partial charge in [0.1, 0.15) is 0 Å². The number of rotatable bonds is 10. The largest absolute Gasteiger partial charge is 0.396 e. The monoisotopic (exact) mass is 235 g/mol. The summed E-state index contributed by atoms with van der Waals surface area (Å²) in [5.74, 6) is 0. The maximum absolute atomic E-state index is 11.1. The molecule has 0 amide bonds. The summed E-state index contributed by atoms with van der Waals surface area (Å²) in [5, 5.41) is 37.3. The number of hydrogen-bond donors (Lipinski definition) is 3. The van der Waals surface area contributed by atoms with Crippen molar-refractivity contribution >= 4 is 0 Å². The molecule has 0 fully saturated rings. The third-order valence-electron chi connectivity index (χ3n) is 2.79. The molecule has 0 aromatic rings. The van der Waals surface area contributed by atoms with Gasteiger partial charge in [-0.1, -0.05) is 0 Å². The summed E-state index contributed by atoms with van der Waals surface area (Å²) in [6, 6.07) is 0. The zero-order valence-electron chi connectivity index (χ0n) is 9.47. The van der Waals surface area contributed by atoms with Crippen LogP contribution in [0, 0.1) is 10.1 Å². The number of aliphatic hydroxyl groups excluding tert-OH is 3. The molecule has 0 saturated carbocycles. The van der Waals surface area contributed by atoms with Crippen molar-refractivity contribution in [3.8, 4) is 0 Å². The lowest BCUT2D eigenvalue weighted by Gasteiger charge is -2.24. The van der Waals surface area contributed by atoms with Gasteiger partial charge >= 0.3 is 0 Å². The Balaban J connectivity index is 4.52. The van der Waals surface area contributed by atoms with E-state index in [0.29, 0.717) is 19.3 Å². The summed E-state index contributed by atoms with van der Waals surface area (Å²) in [7, 11) is 0. The van der Waals surface area contributed by atoms with E-state index >= 15 is 0 Å². The standard InChI is InChI=1S/C10H21NO5/c12-7-1-4-10(11(15)16,5-2-8-13)6-3-9-14/h12-14H,1-9H2. The fourth-order valence-electron chi connectivity index (χ4n) is 1.87. The Bertz CT molecular complexity index is 176. The first-order valence-corrected chi connectivity index (χ1v) is 5.60. The van der Waals surface area contributed by atoms with E-state index in [0.717, 1.165) is 0 Å². The second-order valence-corrected chi connectivity index (χ2v) is 3.96. The zero-order chi connectivity index (χ0) is 12.4. The average Bonchev–Trinajstić information content (AvgIpc) is 2.28. The van der Waals surface area contributed by atoms with Gasteiger partial charge in [0.2, 0.25) is 5.54 Å². The Kier molecular flexibility index (Phi) is 8.05. The maximum Gasteiger partial charge on any atom is 0.222 e. The van der Waals surface area contributed by atoms with Crippen molar-refractivity contribution < 1.29 is 20.2 Å². The van der Waals surface area contributed by atoms with E-state index in [1.54, 1.807) is 0 Å². The van der Waals surface area contributed by atoms with Crippen LogP contribution in [0.5, 0.6) is 0 Å². The van der Waals surface area contributed by atoms with Crippen molar-refractivity contribution in [3.63, 3.8) is 0 Å². The van der Waals surface area contributed by atoms with Crippen molar-refractivity contribution in [1.29, 1.82) is 0 Å². The van der Waals surface area contributed by atoms with Crippen LogP contribution < -0.4 is 0 Å². The minimum absolute atomic E-state index is 0.0756. The molecule has 0 aliphatic heterocycles. The normalized spacial score (nSPS) is 11.7. The predicted molar refractivity (Wildman–Crippen MR) is 58.7 cm³/mol. The van der Waals surface area contributed by atoms with Crippen LogP contribution in [-0.4, -0.2) is 45.6 Å². The molecule has 0 rings (SSSR count). The fourth-order valence-corrected chi connectivity index (χ4v) is 1.87. The second-order valence-electron chi connectivity index (χ2n) is 3.96. The average molecular weight is 235 g/mol. The van der Waals surface area contributed by atoms with Gasteiger partial charge in [-0.15, -0.1) is 0 Å². The van der Waals surface area contributed by atoms with Gasteiger partial charge in [-0.2, -0.15) is 0 Å². The molecule has 96 valence electrons. The summed E-state index contributed by atoms with van der Waals surface area (Å²) in [5.41, 5.74) is -1.10. The number of nitro groups is 1. The molecule has 0 aliphatic carbocycles. The smallest absolute Gasteiger partial charge is 0.222 e. The number of nitrogens with zero attached hydrogens (tertiary/aromatic N) is 1. The first-order chi connectivity index (χ1) is 7.63. The molecule has 0 aromatic carbocycles. The van der Waals surface area contributed by atoms with E-state index in [1.807, 2.05) is 0 Å². The molecule has 0 spiro atoms. The molecule has 0 atom stereocenters. The van der Waals surface area contributed by atoms with E-state index in [2.05, 4.69) is 0 Å². The molecule has 6 nitrogen and oxygen atoms in total. The molecular formula is C10H21NO5. The molecule has 16 heavy (non-hydrogen) atoms. The summed E-state index contributed by atoms with van der Waals surface area (Å²) in [4.78, 5) is 10.8. The summed E-state index contributed by atoms with van der Waals surface area (Å²) in [6.45, 7) is -0.227. The first kappa shape index (κ1) is 15.3. The molecule has 0 bridgehead atoms. The van der Waals surface area contributed by atoms with E-state index in [9.17, 15) is 10.1 Å². The van der Waals surface area contributed by atoms with Crippen LogP contribution in [0.25, 0.3) is 0 Å². The van der Waals surface area contributed by atoms with Crippen LogP contribution in [0.2, 0.25) is 0 Å². The summed E-state index contributed by atoms with van der Waals surface area (Å²) >= 11 is 0. The second kappa shape index (κ2) is 8.43. The van der Waals surface area contributed by atoms with Crippen molar-refractivity contribution in [3.05, 3.63) is 10.1 Å². The number of hydrogen-bond acceptors (Lipinski definition) is 5. The van der Waals surface area contributed by atoms with Crippen molar-refractivity contribution in [2.75, 3.05) is 19.8 Å². The highest BCUT2D eigenvalue weighted by molar-refractivity contribution is 4.79. The summed E-state index contributed by atoms with van der Waals surface area (Å²) in [6.07, 6.45) is 1.98. The Hall–Kier alpha value is -0.720. The van der Waals surface area contributed by atoms with Crippen molar-refractivity contribution in [2.24, 2.45) is 0 Å². The van der Waals surface area contributed by atoms with E-state index < -0.39 is 5.54 Å². The third kappa shape index (κ3) is 4.87. The number of aliphatic hydroxyl groups is 3. The minimum Gasteiger partial charge on any atom is -0.396 e. The van der Waals surface area contributed by atoms with Gasteiger partial charge in [-0.25, -0.2) is 0 Å². The predicted octanol–water partition coefficient (Wildman–Crippen LogP) is 0.319. The van der Waals surface area contributed by atoms with Gasteiger partial charge in [-0.05, 0) is 19.3 Å². The summed E-state index contributed by atoms with van der Waals surface area (Å²) < 4.78 is 0. The maximum atomic E-state index is 11.1. The van der Waals surface area contributed by atoms with Crippen molar-refractivity contribution in [1.82, 2.24) is 0 Å². The van der Waals surface area contributed by atoms with Gasteiger partial charge in [0.15, 0.2) is 0 Å². The molecule has 3 N–H and O–H groups in total. The van der Waals surface area contributed by atoms with Crippen LogP contribution in [0.3, 0.4) is 0 Å². The lowest BCUT2D eigenvalue weighted by atomic mass is 9.84. The Morgan fingerprint density at radius 2 is 1.19 bits per heavy atom. The van der Waals surface area contributed by atoms with Gasteiger partial charge < -0.3 is 15.3 Å². The molecule has 0 saturated heterocycles. The van der Waals surface area contributed by atoms with Crippen LogP contribution in [0.15, 0.2) is 0 Å². The van der Waals surface area contributed by atoms with Crippen LogP contribution in [-0.2, 0) is 0 Å². The first-order valence-electron chi connectivity index (χ1n) is 5.60. The quantitative estimate of drug-likeness (QED) is 0.373. The van der Waals surface area contributed by atoms with Gasteiger partial charge in [0.25, 0.3) is 0 Å². The van der Waals surface area contributed by atoms with Crippen LogP contribution >= 0.6 is 0 Å². The highest BCUT2D eigenvalue weighted by Crippen LogP contribution is 2.28. The van der Waals surface area contributed by atoms with E-state index in [4.69, 9.17) is 15.3 Å². The molecule has 6 heteroatoms. The Labute approximate surface area is 95.1 Å². The zero-order valence-corrected chi connectivity index (χ0v) is 9.47. The van der Waals surface area contributed by atoms with Crippen LogP contribution in [0.4, 0.5) is 0 Å². The highest BCUT2D eigenvalue weighted by atomic mass is 16.6. The van der Waals surface area contributed by atoms with Gasteiger partial charge in [0, 0.05) is 44.0 Å². The molecule has 0 heterocycles. The Morgan fingerprint density at radius 3 is 1.38 bits per heavy atom. The topological polar surface area (TPSA) is 104 Å². The van der Waals surface area contributed by atoms with E-state index in [-0.39, 0.29) is 44.0 Å². The third-order valence-corrected chi connectivity index (χ3v) is 2.79. The lowest BCUT2D eigenvalue weighted by molar-refractivity contribution is -0.574. The van der Waals surface area contributed by atoms with Gasteiger partial charge in [-0.3, -0.25) is 10.1 Å². The molecule has 0 aliphatic rings.